The number of rotatable bonds is 3. The number of nitrogens with one attached hydrogen (secondary N) is 1. The van der Waals surface area contributed by atoms with E-state index in [1.165, 1.54) is 0 Å². The highest BCUT2D eigenvalue weighted by Crippen LogP contribution is 2.30. The molecule has 3 heterocycles. The molecule has 8 heteroatoms. The molecule has 28 heavy (non-hydrogen) atoms. The molecule has 0 bridgehead atoms. The number of hydrogen-bond donors (Lipinski definition) is 1. The minimum Gasteiger partial charge on any atom is -0.441 e. The van der Waals surface area contributed by atoms with Crippen molar-refractivity contribution in [2.45, 2.75) is 44.6 Å². The van der Waals surface area contributed by atoms with Crippen molar-refractivity contribution in [1.82, 2.24) is 20.4 Å². The van der Waals surface area contributed by atoms with Crippen molar-refractivity contribution in [2.75, 3.05) is 19.6 Å². The molecule has 0 saturated carbocycles. The largest absolute Gasteiger partial charge is 0.441 e. The lowest BCUT2D eigenvalue weighted by molar-refractivity contribution is 0.0438. The summed E-state index contributed by atoms with van der Waals surface area (Å²) >= 11 is 0. The third kappa shape index (κ3) is 3.58. The monoisotopic (exact) mass is 384 g/mol. The van der Waals surface area contributed by atoms with Gasteiger partial charge in [0.05, 0.1) is 6.54 Å². The molecule has 0 radical (unpaired) electrons. The van der Waals surface area contributed by atoms with E-state index in [4.69, 9.17) is 9.26 Å². The summed E-state index contributed by atoms with van der Waals surface area (Å²) in [6.45, 7) is 5.73. The Morgan fingerprint density at radius 3 is 2.64 bits per heavy atom. The Hall–Kier alpha value is -2.90. The summed E-state index contributed by atoms with van der Waals surface area (Å²) in [5, 5.41) is 6.73. The van der Waals surface area contributed by atoms with Gasteiger partial charge in [-0.3, -0.25) is 4.79 Å². The summed E-state index contributed by atoms with van der Waals surface area (Å²) in [7, 11) is 0. The lowest BCUT2D eigenvalue weighted by Crippen LogP contribution is -2.36. The van der Waals surface area contributed by atoms with Crippen LogP contribution in [0.2, 0.25) is 0 Å². The summed E-state index contributed by atoms with van der Waals surface area (Å²) in [6, 6.07) is 7.26. The first-order valence-electron chi connectivity index (χ1n) is 9.66. The van der Waals surface area contributed by atoms with Gasteiger partial charge in [-0.1, -0.05) is 31.1 Å². The van der Waals surface area contributed by atoms with E-state index in [0.717, 1.165) is 18.4 Å². The van der Waals surface area contributed by atoms with Crippen molar-refractivity contribution in [1.29, 1.82) is 0 Å². The molecule has 8 nitrogen and oxygen atoms in total. The Morgan fingerprint density at radius 2 is 2.00 bits per heavy atom. The molecule has 2 amide bonds. The van der Waals surface area contributed by atoms with Crippen LogP contribution in [0.4, 0.5) is 4.79 Å². The SMILES string of the molecule is CC(C)c1nc(-c2ccc(C(=O)N3CCC[C@@]4(CC3)CNC(=O)O4)cc2)no1. The van der Waals surface area contributed by atoms with Gasteiger partial charge in [-0.25, -0.2) is 4.79 Å². The number of ether oxygens (including phenoxy) is 1. The van der Waals surface area contributed by atoms with Gasteiger partial charge in [0.2, 0.25) is 11.7 Å². The van der Waals surface area contributed by atoms with Crippen molar-refractivity contribution < 1.29 is 18.8 Å². The van der Waals surface area contributed by atoms with Gasteiger partial charge in [-0.05, 0) is 25.0 Å². The zero-order chi connectivity index (χ0) is 19.7. The normalized spacial score (nSPS) is 22.2. The Morgan fingerprint density at radius 1 is 1.21 bits per heavy atom. The van der Waals surface area contributed by atoms with Gasteiger partial charge in [0.1, 0.15) is 5.60 Å². The minimum atomic E-state index is -0.470. The van der Waals surface area contributed by atoms with E-state index in [0.29, 0.717) is 43.3 Å². The predicted molar refractivity (Wildman–Crippen MR) is 101 cm³/mol. The van der Waals surface area contributed by atoms with E-state index in [2.05, 4.69) is 15.5 Å². The number of likely N-dealkylation sites (tertiary alicyclic amines) is 1. The van der Waals surface area contributed by atoms with E-state index in [-0.39, 0.29) is 17.9 Å². The number of carbonyl (C=O) groups excluding carboxylic acids is 2. The Bertz CT molecular complexity index is 877. The fraction of sp³-hybridized carbons (Fsp3) is 0.500. The molecule has 1 aromatic carbocycles. The molecule has 1 N–H and O–H groups in total. The third-order valence-electron chi connectivity index (χ3n) is 5.37. The molecular formula is C20H24N4O4. The molecule has 2 aliphatic rings. The van der Waals surface area contributed by atoms with Crippen LogP contribution in [0, 0.1) is 0 Å². The van der Waals surface area contributed by atoms with Crippen LogP contribution < -0.4 is 5.32 Å². The quantitative estimate of drug-likeness (QED) is 0.874. The first kappa shape index (κ1) is 18.5. The number of benzene rings is 1. The molecule has 1 spiro atoms. The second kappa shape index (κ2) is 7.26. The molecule has 148 valence electrons. The number of amides is 2. The van der Waals surface area contributed by atoms with Gasteiger partial charge in [0.25, 0.3) is 5.91 Å². The van der Waals surface area contributed by atoms with Gasteiger partial charge < -0.3 is 19.5 Å². The molecule has 2 aromatic rings. The summed E-state index contributed by atoms with van der Waals surface area (Å²) in [5.74, 6) is 1.27. The van der Waals surface area contributed by atoms with E-state index in [1.54, 1.807) is 12.1 Å². The molecule has 4 rings (SSSR count). The van der Waals surface area contributed by atoms with Gasteiger partial charge in [-0.2, -0.15) is 4.98 Å². The minimum absolute atomic E-state index is 0.0168. The predicted octanol–water partition coefficient (Wildman–Crippen LogP) is 2.96. The molecule has 0 unspecified atom stereocenters. The first-order valence-corrected chi connectivity index (χ1v) is 9.66. The van der Waals surface area contributed by atoms with Gasteiger partial charge in [-0.15, -0.1) is 0 Å². The molecule has 2 aliphatic heterocycles. The van der Waals surface area contributed by atoms with Crippen LogP contribution in [-0.4, -0.2) is 52.3 Å². The Kier molecular flexibility index (Phi) is 4.78. The second-order valence-electron chi connectivity index (χ2n) is 7.76. The van der Waals surface area contributed by atoms with Crippen LogP contribution in [0.15, 0.2) is 28.8 Å². The topological polar surface area (TPSA) is 97.6 Å². The zero-order valence-corrected chi connectivity index (χ0v) is 16.1. The molecule has 1 atom stereocenters. The molecule has 1 aromatic heterocycles. The molecule has 2 saturated heterocycles. The highest BCUT2D eigenvalue weighted by molar-refractivity contribution is 5.94. The van der Waals surface area contributed by atoms with Crippen LogP contribution in [0.1, 0.15) is 55.3 Å². The number of carbonyl (C=O) groups is 2. The maximum Gasteiger partial charge on any atom is 0.407 e. The van der Waals surface area contributed by atoms with Gasteiger partial charge in [0, 0.05) is 36.6 Å². The maximum absolute atomic E-state index is 12.9. The van der Waals surface area contributed by atoms with E-state index < -0.39 is 5.60 Å². The second-order valence-corrected chi connectivity index (χ2v) is 7.76. The average Bonchev–Trinajstić information content (AvgIpc) is 3.26. The third-order valence-corrected chi connectivity index (χ3v) is 5.37. The summed E-state index contributed by atoms with van der Waals surface area (Å²) < 4.78 is 10.7. The standard InChI is InChI=1S/C20H24N4O4/c1-13(2)17-22-16(23-28-17)14-4-6-15(7-5-14)18(25)24-10-3-8-20(9-11-24)12-21-19(26)27-20/h4-7,13H,3,8-12H2,1-2H3,(H,21,26)/t20-/m1/s1. The molecule has 0 aliphatic carbocycles. The van der Waals surface area contributed by atoms with Crippen LogP contribution in [0.3, 0.4) is 0 Å². The van der Waals surface area contributed by atoms with Crippen LogP contribution in [-0.2, 0) is 4.74 Å². The van der Waals surface area contributed by atoms with Crippen LogP contribution in [0.25, 0.3) is 11.4 Å². The van der Waals surface area contributed by atoms with Crippen molar-refractivity contribution in [2.24, 2.45) is 0 Å². The Balaban J connectivity index is 1.44. The highest BCUT2D eigenvalue weighted by Gasteiger charge is 2.41. The smallest absolute Gasteiger partial charge is 0.407 e. The number of nitrogens with zero attached hydrogens (tertiary/aromatic N) is 3. The zero-order valence-electron chi connectivity index (χ0n) is 16.1. The van der Waals surface area contributed by atoms with Crippen molar-refractivity contribution in [3.63, 3.8) is 0 Å². The first-order chi connectivity index (χ1) is 13.5. The molecule has 2 fully saturated rings. The molecular weight excluding hydrogens is 360 g/mol. The van der Waals surface area contributed by atoms with Gasteiger partial charge >= 0.3 is 6.09 Å². The van der Waals surface area contributed by atoms with Crippen molar-refractivity contribution >= 4 is 12.0 Å². The number of hydrogen-bond acceptors (Lipinski definition) is 6. The van der Waals surface area contributed by atoms with Crippen LogP contribution in [0.5, 0.6) is 0 Å². The summed E-state index contributed by atoms with van der Waals surface area (Å²) in [6.07, 6.45) is 1.86. The average molecular weight is 384 g/mol. The lowest BCUT2D eigenvalue weighted by atomic mass is 9.95. The maximum atomic E-state index is 12.9. The number of aromatic nitrogens is 2. The summed E-state index contributed by atoms with van der Waals surface area (Å²) in [5.41, 5.74) is 0.961. The number of alkyl carbamates (subject to hydrolysis) is 1. The van der Waals surface area contributed by atoms with Crippen LogP contribution >= 0.6 is 0 Å². The van der Waals surface area contributed by atoms with Crippen molar-refractivity contribution in [3.8, 4) is 11.4 Å². The Labute approximate surface area is 163 Å². The highest BCUT2D eigenvalue weighted by atomic mass is 16.6. The fourth-order valence-corrected chi connectivity index (χ4v) is 3.68. The van der Waals surface area contributed by atoms with E-state index in [1.807, 2.05) is 30.9 Å². The van der Waals surface area contributed by atoms with Gasteiger partial charge in [0.15, 0.2) is 0 Å². The summed E-state index contributed by atoms with van der Waals surface area (Å²) in [4.78, 5) is 30.6. The van der Waals surface area contributed by atoms with E-state index in [9.17, 15) is 9.59 Å². The fourth-order valence-electron chi connectivity index (χ4n) is 3.68. The van der Waals surface area contributed by atoms with Crippen molar-refractivity contribution in [3.05, 3.63) is 35.7 Å². The van der Waals surface area contributed by atoms with E-state index >= 15 is 0 Å². The lowest BCUT2D eigenvalue weighted by Gasteiger charge is -2.25.